The molecular weight excluding hydrogens is 240 g/mol. The molecule has 0 amide bonds. The topological polar surface area (TPSA) is 72.6 Å². The number of nitrogens with two attached hydrogens (primary N) is 1. The normalized spacial score (nSPS) is 23.9. The van der Waals surface area contributed by atoms with Crippen molar-refractivity contribution in [2.24, 2.45) is 5.73 Å². The molecule has 0 aromatic rings. The minimum Gasteiger partial charge on any atom is -0.377 e. The Hall–Kier alpha value is -0.170. The highest BCUT2D eigenvalue weighted by atomic mass is 32.2. The smallest absolute Gasteiger partial charge is 0.218 e. The zero-order valence-electron chi connectivity index (χ0n) is 10.8. The zero-order chi connectivity index (χ0) is 12.9. The molecule has 17 heavy (non-hydrogen) atoms. The van der Waals surface area contributed by atoms with Crippen molar-refractivity contribution in [2.75, 3.05) is 26.7 Å². The second-order valence-electron chi connectivity index (χ2n) is 4.58. The summed E-state index contributed by atoms with van der Waals surface area (Å²) in [6, 6.07) is 0. The van der Waals surface area contributed by atoms with Crippen molar-refractivity contribution in [3.05, 3.63) is 0 Å². The molecule has 0 spiro atoms. The lowest BCUT2D eigenvalue weighted by molar-refractivity contribution is 0.00849. The Bertz CT molecular complexity index is 309. The minimum absolute atomic E-state index is 0.0406. The predicted octanol–water partition coefficient (Wildman–Crippen LogP) is 0.554. The number of rotatable bonds is 6. The van der Waals surface area contributed by atoms with E-state index >= 15 is 0 Å². The maximum absolute atomic E-state index is 12.2. The average Bonchev–Trinajstić information content (AvgIpc) is 2.31. The average molecular weight is 264 g/mol. The number of hydrogen-bond acceptors (Lipinski definition) is 4. The van der Waals surface area contributed by atoms with Gasteiger partial charge in [0.15, 0.2) is 0 Å². The van der Waals surface area contributed by atoms with Crippen LogP contribution < -0.4 is 5.73 Å². The van der Waals surface area contributed by atoms with Crippen LogP contribution in [-0.2, 0) is 14.8 Å². The molecule has 2 N–H and O–H groups in total. The molecule has 0 saturated carbocycles. The first kappa shape index (κ1) is 14.9. The summed E-state index contributed by atoms with van der Waals surface area (Å²) >= 11 is 0. The maximum Gasteiger partial charge on any atom is 0.218 e. The molecule has 1 heterocycles. The van der Waals surface area contributed by atoms with Crippen LogP contribution in [0, 0.1) is 0 Å². The van der Waals surface area contributed by atoms with Crippen molar-refractivity contribution in [1.29, 1.82) is 0 Å². The lowest BCUT2D eigenvalue weighted by Crippen LogP contribution is -2.44. The fourth-order valence-corrected chi connectivity index (χ4v) is 3.64. The van der Waals surface area contributed by atoms with Gasteiger partial charge in [-0.15, -0.1) is 0 Å². The lowest BCUT2D eigenvalue weighted by atomic mass is 10.1. The van der Waals surface area contributed by atoms with Crippen LogP contribution in [0.1, 0.15) is 32.6 Å². The lowest BCUT2D eigenvalue weighted by Gasteiger charge is -2.29. The minimum atomic E-state index is -3.27. The van der Waals surface area contributed by atoms with E-state index in [2.05, 4.69) is 0 Å². The molecule has 1 aliphatic rings. The van der Waals surface area contributed by atoms with Crippen molar-refractivity contribution in [3.63, 3.8) is 0 Å². The van der Waals surface area contributed by atoms with Gasteiger partial charge in [0.25, 0.3) is 0 Å². The Balaban J connectivity index is 2.58. The third kappa shape index (κ3) is 3.91. The Kier molecular flexibility index (Phi) is 5.85. The summed E-state index contributed by atoms with van der Waals surface area (Å²) in [5, 5.41) is -0.476. The molecule has 6 heteroatoms. The van der Waals surface area contributed by atoms with Crippen LogP contribution in [0.25, 0.3) is 0 Å². The van der Waals surface area contributed by atoms with Gasteiger partial charge in [-0.05, 0) is 25.7 Å². The quantitative estimate of drug-likeness (QED) is 0.760. The van der Waals surface area contributed by atoms with Gasteiger partial charge in [0.05, 0.1) is 11.4 Å². The Morgan fingerprint density at radius 1 is 1.47 bits per heavy atom. The van der Waals surface area contributed by atoms with Gasteiger partial charge in [0.2, 0.25) is 10.0 Å². The molecular formula is C11H24N2O3S. The molecule has 5 nitrogen and oxygen atoms in total. The Morgan fingerprint density at radius 3 is 2.65 bits per heavy atom. The van der Waals surface area contributed by atoms with E-state index in [1.54, 1.807) is 7.05 Å². The highest BCUT2D eigenvalue weighted by Crippen LogP contribution is 2.16. The van der Waals surface area contributed by atoms with Gasteiger partial charge in [-0.25, -0.2) is 12.7 Å². The number of nitrogens with zero attached hydrogens (tertiary/aromatic N) is 1. The molecule has 0 aliphatic carbocycles. The van der Waals surface area contributed by atoms with Crippen LogP contribution in [0.4, 0.5) is 0 Å². The fraction of sp³-hybridized carbons (Fsp3) is 1.00. The number of hydrogen-bond donors (Lipinski definition) is 1. The van der Waals surface area contributed by atoms with E-state index in [0.29, 0.717) is 13.0 Å². The standard InChI is InChI=1S/C11H24N2O3S/c1-3-11(8-12)17(14,15)13(2)9-10-6-4-5-7-16-10/h10-11H,3-9,12H2,1-2H3. The van der Waals surface area contributed by atoms with Crippen LogP contribution in [0.15, 0.2) is 0 Å². The summed E-state index contributed by atoms with van der Waals surface area (Å²) in [5.74, 6) is 0. The molecule has 1 saturated heterocycles. The van der Waals surface area contributed by atoms with E-state index in [9.17, 15) is 8.42 Å². The van der Waals surface area contributed by atoms with E-state index < -0.39 is 15.3 Å². The van der Waals surface area contributed by atoms with Crippen molar-refractivity contribution < 1.29 is 13.2 Å². The zero-order valence-corrected chi connectivity index (χ0v) is 11.6. The van der Waals surface area contributed by atoms with Gasteiger partial charge in [0.1, 0.15) is 0 Å². The number of likely N-dealkylation sites (N-methyl/N-ethyl adjacent to an activating group) is 1. The van der Waals surface area contributed by atoms with Crippen LogP contribution in [0.5, 0.6) is 0 Å². The molecule has 102 valence electrons. The highest BCUT2D eigenvalue weighted by molar-refractivity contribution is 7.89. The highest BCUT2D eigenvalue weighted by Gasteiger charge is 2.29. The summed E-state index contributed by atoms with van der Waals surface area (Å²) < 4.78 is 31.3. The monoisotopic (exact) mass is 264 g/mol. The van der Waals surface area contributed by atoms with E-state index in [4.69, 9.17) is 10.5 Å². The van der Waals surface area contributed by atoms with Gasteiger partial charge < -0.3 is 10.5 Å². The molecule has 0 radical (unpaired) electrons. The van der Waals surface area contributed by atoms with Gasteiger partial charge in [0, 0.05) is 26.7 Å². The first-order valence-electron chi connectivity index (χ1n) is 6.29. The van der Waals surface area contributed by atoms with Crippen molar-refractivity contribution in [1.82, 2.24) is 4.31 Å². The van der Waals surface area contributed by atoms with E-state index in [1.165, 1.54) is 4.31 Å². The molecule has 1 rings (SSSR count). The van der Waals surface area contributed by atoms with Crippen molar-refractivity contribution >= 4 is 10.0 Å². The SMILES string of the molecule is CCC(CN)S(=O)(=O)N(C)CC1CCCCO1. The summed E-state index contributed by atoms with van der Waals surface area (Å²) in [7, 11) is -1.66. The van der Waals surface area contributed by atoms with Crippen molar-refractivity contribution in [3.8, 4) is 0 Å². The van der Waals surface area contributed by atoms with Crippen LogP contribution in [0.3, 0.4) is 0 Å². The third-order valence-electron chi connectivity index (χ3n) is 3.31. The molecule has 2 unspecified atom stereocenters. The van der Waals surface area contributed by atoms with Crippen molar-refractivity contribution in [2.45, 2.75) is 44.0 Å². The summed E-state index contributed by atoms with van der Waals surface area (Å²) in [6.45, 7) is 3.21. The van der Waals surface area contributed by atoms with E-state index in [0.717, 1.165) is 25.9 Å². The molecule has 0 bridgehead atoms. The first-order valence-corrected chi connectivity index (χ1v) is 7.79. The number of sulfonamides is 1. The Morgan fingerprint density at radius 2 is 2.18 bits per heavy atom. The molecule has 0 aromatic carbocycles. The van der Waals surface area contributed by atoms with E-state index in [-0.39, 0.29) is 12.6 Å². The Labute approximate surface area is 104 Å². The molecule has 1 fully saturated rings. The van der Waals surface area contributed by atoms with Gasteiger partial charge >= 0.3 is 0 Å². The van der Waals surface area contributed by atoms with Gasteiger partial charge in [-0.3, -0.25) is 0 Å². The summed E-state index contributed by atoms with van der Waals surface area (Å²) in [5.41, 5.74) is 5.50. The largest absolute Gasteiger partial charge is 0.377 e. The van der Waals surface area contributed by atoms with Crippen LogP contribution in [0.2, 0.25) is 0 Å². The van der Waals surface area contributed by atoms with Crippen LogP contribution >= 0.6 is 0 Å². The summed E-state index contributed by atoms with van der Waals surface area (Å²) in [4.78, 5) is 0. The van der Waals surface area contributed by atoms with E-state index in [1.807, 2.05) is 6.92 Å². The number of ether oxygens (including phenoxy) is 1. The molecule has 2 atom stereocenters. The predicted molar refractivity (Wildman–Crippen MR) is 68.3 cm³/mol. The molecule has 0 aromatic heterocycles. The second-order valence-corrected chi connectivity index (χ2v) is 6.90. The van der Waals surface area contributed by atoms with Crippen LogP contribution in [-0.4, -0.2) is 50.8 Å². The van der Waals surface area contributed by atoms with Gasteiger partial charge in [-0.1, -0.05) is 6.92 Å². The maximum atomic E-state index is 12.2. The molecule has 1 aliphatic heterocycles. The van der Waals surface area contributed by atoms with Gasteiger partial charge in [-0.2, -0.15) is 0 Å². The fourth-order valence-electron chi connectivity index (χ4n) is 2.10. The first-order chi connectivity index (χ1) is 8.02. The summed E-state index contributed by atoms with van der Waals surface area (Å²) in [6.07, 6.45) is 3.73. The second kappa shape index (κ2) is 6.68. The third-order valence-corrected chi connectivity index (χ3v) is 5.69.